The summed E-state index contributed by atoms with van der Waals surface area (Å²) >= 11 is 0. The van der Waals surface area contributed by atoms with Crippen molar-refractivity contribution < 1.29 is 9.90 Å². The van der Waals surface area contributed by atoms with E-state index in [2.05, 4.69) is 0 Å². The zero-order valence-electron chi connectivity index (χ0n) is 11.9. The van der Waals surface area contributed by atoms with E-state index in [9.17, 15) is 9.90 Å². The minimum atomic E-state index is -0.515. The molecule has 0 aliphatic carbocycles. The molecule has 0 spiro atoms. The van der Waals surface area contributed by atoms with Crippen LogP contribution in [0.15, 0.2) is 18.3 Å². The van der Waals surface area contributed by atoms with E-state index in [1.807, 2.05) is 50.6 Å². The van der Waals surface area contributed by atoms with E-state index in [1.165, 1.54) is 0 Å². The number of hydrogen-bond acceptors (Lipinski definition) is 2. The molecule has 0 radical (unpaired) electrons. The van der Waals surface area contributed by atoms with E-state index >= 15 is 0 Å². The first-order chi connectivity index (χ1) is 8.34. The van der Waals surface area contributed by atoms with Crippen LogP contribution in [0.3, 0.4) is 0 Å². The first-order valence-corrected chi connectivity index (χ1v) is 6.50. The average Bonchev–Trinajstić information content (AvgIpc) is 2.73. The SMILES string of the molecule is CC(O)CN(C(=O)c1cccn1C(C)C)C(C)C. The van der Waals surface area contributed by atoms with Crippen molar-refractivity contribution >= 4 is 5.91 Å². The number of aromatic nitrogens is 1. The lowest BCUT2D eigenvalue weighted by molar-refractivity contribution is 0.0567. The van der Waals surface area contributed by atoms with Gasteiger partial charge in [0.05, 0.1) is 6.10 Å². The van der Waals surface area contributed by atoms with Crippen molar-refractivity contribution in [3.05, 3.63) is 24.0 Å². The van der Waals surface area contributed by atoms with Crippen LogP contribution in [0.5, 0.6) is 0 Å². The molecule has 18 heavy (non-hydrogen) atoms. The Morgan fingerprint density at radius 1 is 1.33 bits per heavy atom. The number of hydrogen-bond donors (Lipinski definition) is 1. The van der Waals surface area contributed by atoms with Gasteiger partial charge in [-0.05, 0) is 46.8 Å². The Bertz CT molecular complexity index is 394. The summed E-state index contributed by atoms with van der Waals surface area (Å²) in [6, 6.07) is 4.04. The van der Waals surface area contributed by atoms with Crippen LogP contribution in [-0.2, 0) is 0 Å². The molecule has 1 amide bonds. The van der Waals surface area contributed by atoms with Gasteiger partial charge in [0.15, 0.2) is 0 Å². The van der Waals surface area contributed by atoms with Crippen molar-refractivity contribution in [2.24, 2.45) is 0 Å². The van der Waals surface area contributed by atoms with Crippen molar-refractivity contribution in [3.8, 4) is 0 Å². The highest BCUT2D eigenvalue weighted by atomic mass is 16.3. The normalized spacial score (nSPS) is 13.1. The van der Waals surface area contributed by atoms with Crippen LogP contribution < -0.4 is 0 Å². The van der Waals surface area contributed by atoms with E-state index in [4.69, 9.17) is 0 Å². The maximum atomic E-state index is 12.5. The zero-order valence-corrected chi connectivity index (χ0v) is 11.9. The van der Waals surface area contributed by atoms with Crippen LogP contribution in [0, 0.1) is 0 Å². The standard InChI is InChI=1S/C14H24N2O2/c1-10(2)15-8-6-7-13(15)14(18)16(11(3)4)9-12(5)17/h6-8,10-12,17H,9H2,1-5H3. The van der Waals surface area contributed by atoms with Crippen LogP contribution >= 0.6 is 0 Å². The number of carbonyl (C=O) groups is 1. The summed E-state index contributed by atoms with van der Waals surface area (Å²) in [6.07, 6.45) is 1.40. The summed E-state index contributed by atoms with van der Waals surface area (Å²) in [5.74, 6) is -0.0235. The molecule has 4 nitrogen and oxygen atoms in total. The van der Waals surface area contributed by atoms with Crippen LogP contribution in [0.2, 0.25) is 0 Å². The van der Waals surface area contributed by atoms with E-state index in [0.29, 0.717) is 12.2 Å². The van der Waals surface area contributed by atoms with Gasteiger partial charge in [-0.1, -0.05) is 0 Å². The molecule has 0 saturated carbocycles. The summed E-state index contributed by atoms with van der Waals surface area (Å²) in [6.45, 7) is 10.1. The molecule has 0 aliphatic heterocycles. The lowest BCUT2D eigenvalue weighted by atomic mass is 10.2. The van der Waals surface area contributed by atoms with Crippen molar-refractivity contribution in [2.75, 3.05) is 6.54 Å². The summed E-state index contributed by atoms with van der Waals surface area (Å²) < 4.78 is 1.96. The molecule has 0 bridgehead atoms. The van der Waals surface area contributed by atoms with Gasteiger partial charge in [0, 0.05) is 24.8 Å². The molecule has 1 N–H and O–H groups in total. The van der Waals surface area contributed by atoms with Crippen LogP contribution in [0.1, 0.15) is 51.1 Å². The van der Waals surface area contributed by atoms with Crippen LogP contribution in [0.25, 0.3) is 0 Å². The second-order valence-electron chi connectivity index (χ2n) is 5.29. The molecule has 0 fully saturated rings. The topological polar surface area (TPSA) is 45.5 Å². The quantitative estimate of drug-likeness (QED) is 0.874. The van der Waals surface area contributed by atoms with Crippen LogP contribution in [-0.4, -0.2) is 39.2 Å². The summed E-state index contributed by atoms with van der Waals surface area (Å²) in [4.78, 5) is 14.2. The lowest BCUT2D eigenvalue weighted by Crippen LogP contribution is -2.42. The Morgan fingerprint density at radius 2 is 1.94 bits per heavy atom. The molecule has 0 saturated heterocycles. The molecule has 102 valence electrons. The number of carbonyl (C=O) groups excluding carboxylic acids is 1. The smallest absolute Gasteiger partial charge is 0.270 e. The predicted octanol–water partition coefficient (Wildman–Crippen LogP) is 2.30. The van der Waals surface area contributed by atoms with E-state index in [1.54, 1.807) is 11.8 Å². The monoisotopic (exact) mass is 252 g/mol. The Morgan fingerprint density at radius 3 is 2.39 bits per heavy atom. The molecule has 0 aromatic carbocycles. The lowest BCUT2D eigenvalue weighted by Gasteiger charge is -2.28. The second kappa shape index (κ2) is 6.05. The first-order valence-electron chi connectivity index (χ1n) is 6.50. The largest absolute Gasteiger partial charge is 0.392 e. The summed E-state index contributed by atoms with van der Waals surface area (Å²) in [5, 5.41) is 9.50. The van der Waals surface area contributed by atoms with Crippen LogP contribution in [0.4, 0.5) is 0 Å². The Balaban J connectivity index is 2.98. The minimum absolute atomic E-state index is 0.0235. The van der Waals surface area contributed by atoms with Crippen molar-refractivity contribution in [1.29, 1.82) is 0 Å². The number of aliphatic hydroxyl groups excluding tert-OH is 1. The first kappa shape index (κ1) is 14.8. The molecule has 1 unspecified atom stereocenters. The number of nitrogens with zero attached hydrogens (tertiary/aromatic N) is 2. The fourth-order valence-corrected chi connectivity index (χ4v) is 1.99. The maximum Gasteiger partial charge on any atom is 0.270 e. The molecular weight excluding hydrogens is 228 g/mol. The van der Waals surface area contributed by atoms with Gasteiger partial charge < -0.3 is 14.6 Å². The van der Waals surface area contributed by atoms with Crippen molar-refractivity contribution in [1.82, 2.24) is 9.47 Å². The summed E-state index contributed by atoms with van der Waals surface area (Å²) in [7, 11) is 0. The molecule has 1 atom stereocenters. The highest BCUT2D eigenvalue weighted by molar-refractivity contribution is 5.93. The van der Waals surface area contributed by atoms with Crippen molar-refractivity contribution in [3.63, 3.8) is 0 Å². The maximum absolute atomic E-state index is 12.5. The van der Waals surface area contributed by atoms with Gasteiger partial charge in [0.2, 0.25) is 0 Å². The van der Waals surface area contributed by atoms with E-state index in [-0.39, 0.29) is 18.0 Å². The number of rotatable bonds is 5. The van der Waals surface area contributed by atoms with Gasteiger partial charge in [0.1, 0.15) is 5.69 Å². The average molecular weight is 252 g/mol. The van der Waals surface area contributed by atoms with Gasteiger partial charge >= 0.3 is 0 Å². The molecular formula is C14H24N2O2. The third-order valence-corrected chi connectivity index (χ3v) is 2.90. The predicted molar refractivity (Wildman–Crippen MR) is 72.7 cm³/mol. The Labute approximate surface area is 109 Å². The Kier molecular flexibility index (Phi) is 4.96. The number of amides is 1. The van der Waals surface area contributed by atoms with Gasteiger partial charge in [-0.25, -0.2) is 0 Å². The third kappa shape index (κ3) is 3.35. The van der Waals surface area contributed by atoms with Crippen molar-refractivity contribution in [2.45, 2.75) is 52.8 Å². The molecule has 1 heterocycles. The van der Waals surface area contributed by atoms with E-state index in [0.717, 1.165) is 0 Å². The molecule has 0 aliphatic rings. The highest BCUT2D eigenvalue weighted by Gasteiger charge is 2.23. The zero-order chi connectivity index (χ0) is 13.9. The molecule has 1 aromatic rings. The fraction of sp³-hybridized carbons (Fsp3) is 0.643. The molecule has 4 heteroatoms. The Hall–Kier alpha value is -1.29. The molecule has 1 aromatic heterocycles. The fourth-order valence-electron chi connectivity index (χ4n) is 1.99. The van der Waals surface area contributed by atoms with Gasteiger partial charge in [-0.15, -0.1) is 0 Å². The summed E-state index contributed by atoms with van der Waals surface area (Å²) in [5.41, 5.74) is 0.680. The second-order valence-corrected chi connectivity index (χ2v) is 5.29. The third-order valence-electron chi connectivity index (χ3n) is 2.90. The number of aliphatic hydroxyl groups is 1. The van der Waals surface area contributed by atoms with Gasteiger partial charge in [-0.3, -0.25) is 4.79 Å². The minimum Gasteiger partial charge on any atom is -0.392 e. The van der Waals surface area contributed by atoms with Gasteiger partial charge in [-0.2, -0.15) is 0 Å². The molecule has 1 rings (SSSR count). The van der Waals surface area contributed by atoms with E-state index < -0.39 is 6.10 Å². The van der Waals surface area contributed by atoms with Gasteiger partial charge in [0.25, 0.3) is 5.91 Å². The highest BCUT2D eigenvalue weighted by Crippen LogP contribution is 2.15.